The van der Waals surface area contributed by atoms with Crippen LogP contribution in [-0.4, -0.2) is 58.8 Å². The summed E-state index contributed by atoms with van der Waals surface area (Å²) in [5.74, 6) is 1.35. The maximum absolute atomic E-state index is 14.0. The first-order chi connectivity index (χ1) is 11.5. The van der Waals surface area contributed by atoms with Gasteiger partial charge in [-0.25, -0.2) is 4.39 Å². The van der Waals surface area contributed by atoms with Crippen LogP contribution in [0.25, 0.3) is 0 Å². The quantitative estimate of drug-likeness (QED) is 0.449. The molecule has 2 rings (SSSR count). The van der Waals surface area contributed by atoms with Gasteiger partial charge < -0.3 is 19.9 Å². The Hall–Kier alpha value is -1.82. The van der Waals surface area contributed by atoms with Crippen LogP contribution in [0.4, 0.5) is 10.1 Å². The van der Waals surface area contributed by atoms with Crippen molar-refractivity contribution >= 4 is 11.6 Å². The first-order valence-electron chi connectivity index (χ1n) is 8.46. The van der Waals surface area contributed by atoms with Crippen molar-refractivity contribution in [2.75, 3.05) is 52.8 Å². The zero-order chi connectivity index (χ0) is 17.5. The first kappa shape index (κ1) is 18.5. The normalized spacial score (nSPS) is 14.6. The van der Waals surface area contributed by atoms with Crippen LogP contribution < -0.4 is 10.2 Å². The van der Waals surface area contributed by atoms with Gasteiger partial charge in [0, 0.05) is 47.9 Å². The van der Waals surface area contributed by atoms with E-state index in [9.17, 15) is 4.39 Å². The number of benzene rings is 1. The van der Waals surface area contributed by atoms with Crippen LogP contribution in [0.2, 0.25) is 0 Å². The van der Waals surface area contributed by atoms with Crippen LogP contribution in [0, 0.1) is 11.7 Å². The number of rotatable bonds is 8. The number of nitrogens with one attached hydrogen (secondary N) is 1. The molecule has 0 radical (unpaired) electrons. The first-order valence-corrected chi connectivity index (χ1v) is 8.46. The average molecular weight is 336 g/mol. The molecule has 1 N–H and O–H groups in total. The molecule has 6 heteroatoms. The van der Waals surface area contributed by atoms with Crippen molar-refractivity contribution < 1.29 is 9.13 Å². The number of hydrogen-bond acceptors (Lipinski definition) is 3. The highest BCUT2D eigenvalue weighted by Gasteiger charge is 2.21. The molecule has 0 atom stereocenters. The fourth-order valence-corrected chi connectivity index (χ4v) is 2.43. The minimum Gasteiger partial charge on any atom is -0.379 e. The van der Waals surface area contributed by atoms with Crippen molar-refractivity contribution in [2.24, 2.45) is 10.9 Å². The summed E-state index contributed by atoms with van der Waals surface area (Å²) in [5.41, 5.74) is 1.48. The Bertz CT molecular complexity index is 558. The minimum absolute atomic E-state index is 0.212. The summed E-state index contributed by atoms with van der Waals surface area (Å²) in [6.45, 7) is 2.88. The molecule has 1 aromatic carbocycles. The molecule has 0 amide bonds. The van der Waals surface area contributed by atoms with E-state index in [0.29, 0.717) is 18.8 Å². The van der Waals surface area contributed by atoms with Gasteiger partial charge in [-0.15, -0.1) is 0 Å². The molecule has 1 aliphatic carbocycles. The molecule has 0 heterocycles. The average Bonchev–Trinajstić information content (AvgIpc) is 3.36. The van der Waals surface area contributed by atoms with Gasteiger partial charge in [0.05, 0.1) is 12.3 Å². The van der Waals surface area contributed by atoms with Gasteiger partial charge in [0.15, 0.2) is 5.96 Å². The Morgan fingerprint density at radius 2 is 2.08 bits per heavy atom. The highest BCUT2D eigenvalue weighted by molar-refractivity contribution is 5.79. The van der Waals surface area contributed by atoms with E-state index in [1.54, 1.807) is 24.1 Å². The van der Waals surface area contributed by atoms with Gasteiger partial charge in [-0.05, 0) is 36.5 Å². The molecule has 0 saturated heterocycles. The predicted octanol–water partition coefficient (Wildman–Crippen LogP) is 2.33. The van der Waals surface area contributed by atoms with Crippen LogP contribution in [-0.2, 0) is 11.3 Å². The molecule has 0 aromatic heterocycles. The summed E-state index contributed by atoms with van der Waals surface area (Å²) in [6.07, 6.45) is 2.62. The number of aliphatic imine (C=N–C) groups is 1. The van der Waals surface area contributed by atoms with Crippen molar-refractivity contribution in [3.05, 3.63) is 29.6 Å². The van der Waals surface area contributed by atoms with E-state index in [2.05, 4.69) is 10.3 Å². The zero-order valence-corrected chi connectivity index (χ0v) is 15.2. The molecule has 0 unspecified atom stereocenters. The third kappa shape index (κ3) is 5.67. The smallest absolute Gasteiger partial charge is 0.193 e. The summed E-state index contributed by atoms with van der Waals surface area (Å²) >= 11 is 0. The monoisotopic (exact) mass is 336 g/mol. The maximum Gasteiger partial charge on any atom is 0.193 e. The number of guanidine groups is 1. The number of ether oxygens (including phenoxy) is 1. The summed E-state index contributed by atoms with van der Waals surface area (Å²) in [7, 11) is 7.39. The van der Waals surface area contributed by atoms with Gasteiger partial charge in [-0.2, -0.15) is 0 Å². The molecule has 5 nitrogen and oxygen atoms in total. The molecule has 0 aliphatic heterocycles. The Morgan fingerprint density at radius 3 is 2.67 bits per heavy atom. The lowest BCUT2D eigenvalue weighted by Gasteiger charge is -2.22. The van der Waals surface area contributed by atoms with Crippen molar-refractivity contribution in [2.45, 2.75) is 19.4 Å². The second kappa shape index (κ2) is 8.87. The second-order valence-electron chi connectivity index (χ2n) is 6.52. The van der Waals surface area contributed by atoms with Crippen LogP contribution in [0.3, 0.4) is 0 Å². The molecule has 1 aromatic rings. The van der Waals surface area contributed by atoms with E-state index < -0.39 is 0 Å². The zero-order valence-electron chi connectivity index (χ0n) is 15.2. The topological polar surface area (TPSA) is 40.1 Å². The number of halogens is 1. The van der Waals surface area contributed by atoms with E-state index in [1.165, 1.54) is 12.8 Å². The molecule has 0 spiro atoms. The molecule has 1 aliphatic rings. The number of nitrogens with zero attached hydrogens (tertiary/aromatic N) is 3. The summed E-state index contributed by atoms with van der Waals surface area (Å²) in [4.78, 5) is 8.06. The highest BCUT2D eigenvalue weighted by Crippen LogP contribution is 2.28. The molecular weight excluding hydrogens is 307 g/mol. The van der Waals surface area contributed by atoms with Gasteiger partial charge >= 0.3 is 0 Å². The van der Waals surface area contributed by atoms with Gasteiger partial charge in [0.2, 0.25) is 0 Å². The third-order valence-electron chi connectivity index (χ3n) is 4.14. The SMILES string of the molecule is CN=C(NCc1ccc(N(C)C)c(F)c1)N(C)CCOCC1CC1. The number of anilines is 1. The van der Waals surface area contributed by atoms with Gasteiger partial charge in [-0.3, -0.25) is 4.99 Å². The molecule has 134 valence electrons. The van der Waals surface area contributed by atoms with E-state index in [4.69, 9.17) is 4.74 Å². The van der Waals surface area contributed by atoms with Crippen molar-refractivity contribution in [3.63, 3.8) is 0 Å². The van der Waals surface area contributed by atoms with E-state index in [1.807, 2.05) is 32.1 Å². The Kier molecular flexibility index (Phi) is 6.85. The standard InChI is InChI=1S/C18H29FN4O/c1-20-18(23(4)9-10-24-13-14-5-6-14)21-12-15-7-8-17(22(2)3)16(19)11-15/h7-8,11,14H,5-6,9-10,12-13H2,1-4H3,(H,20,21). The molecule has 24 heavy (non-hydrogen) atoms. The Balaban J connectivity index is 1.78. The third-order valence-corrected chi connectivity index (χ3v) is 4.14. The fraction of sp³-hybridized carbons (Fsp3) is 0.611. The van der Waals surface area contributed by atoms with E-state index >= 15 is 0 Å². The van der Waals surface area contributed by atoms with Gasteiger partial charge in [0.1, 0.15) is 5.82 Å². The molecular formula is C18H29FN4O. The number of likely N-dealkylation sites (N-methyl/N-ethyl adjacent to an activating group) is 1. The van der Waals surface area contributed by atoms with Gasteiger partial charge in [0.25, 0.3) is 0 Å². The molecule has 1 fully saturated rings. The van der Waals surface area contributed by atoms with E-state index in [0.717, 1.165) is 30.6 Å². The minimum atomic E-state index is -0.212. The molecule has 0 bridgehead atoms. The largest absolute Gasteiger partial charge is 0.379 e. The van der Waals surface area contributed by atoms with E-state index in [-0.39, 0.29) is 5.82 Å². The van der Waals surface area contributed by atoms with Crippen LogP contribution in [0.15, 0.2) is 23.2 Å². The van der Waals surface area contributed by atoms with Gasteiger partial charge in [-0.1, -0.05) is 6.07 Å². The molecule has 1 saturated carbocycles. The summed E-state index contributed by atoms with van der Waals surface area (Å²) in [5, 5.41) is 3.26. The van der Waals surface area contributed by atoms with Crippen molar-refractivity contribution in [1.29, 1.82) is 0 Å². The lowest BCUT2D eigenvalue weighted by atomic mass is 10.2. The Labute approximate surface area is 144 Å². The number of hydrogen-bond donors (Lipinski definition) is 1. The van der Waals surface area contributed by atoms with Crippen LogP contribution >= 0.6 is 0 Å². The fourth-order valence-electron chi connectivity index (χ4n) is 2.43. The second-order valence-corrected chi connectivity index (χ2v) is 6.52. The van der Waals surface area contributed by atoms with Crippen molar-refractivity contribution in [3.8, 4) is 0 Å². The van der Waals surface area contributed by atoms with Crippen LogP contribution in [0.5, 0.6) is 0 Å². The summed E-state index contributed by atoms with van der Waals surface area (Å²) < 4.78 is 19.7. The maximum atomic E-state index is 14.0. The highest BCUT2D eigenvalue weighted by atomic mass is 19.1. The Morgan fingerprint density at radius 1 is 1.33 bits per heavy atom. The summed E-state index contributed by atoms with van der Waals surface area (Å²) in [6, 6.07) is 5.29. The van der Waals surface area contributed by atoms with Crippen LogP contribution in [0.1, 0.15) is 18.4 Å². The lowest BCUT2D eigenvalue weighted by molar-refractivity contribution is 0.115. The lowest BCUT2D eigenvalue weighted by Crippen LogP contribution is -2.40. The van der Waals surface area contributed by atoms with Crippen molar-refractivity contribution in [1.82, 2.24) is 10.2 Å². The predicted molar refractivity (Wildman–Crippen MR) is 97.1 cm³/mol.